The van der Waals surface area contributed by atoms with Crippen LogP contribution in [0.5, 0.6) is 0 Å². The van der Waals surface area contributed by atoms with Crippen molar-refractivity contribution in [2.75, 3.05) is 10.6 Å². The molecule has 0 aliphatic rings. The zero-order valence-corrected chi connectivity index (χ0v) is 12.5. The summed E-state index contributed by atoms with van der Waals surface area (Å²) in [5.74, 6) is 0. The number of carbonyl (C=O) groups is 1. The average Bonchev–Trinajstić information content (AvgIpc) is 2.40. The van der Waals surface area contributed by atoms with Crippen molar-refractivity contribution in [3.05, 3.63) is 54.6 Å². The summed E-state index contributed by atoms with van der Waals surface area (Å²) in [5.41, 5.74) is 7.28. The molecule has 1 amide bonds. The molecule has 0 unspecified atom stereocenters. The summed E-state index contributed by atoms with van der Waals surface area (Å²) in [6.07, 6.45) is -0.452. The molecule has 0 saturated carbocycles. The van der Waals surface area contributed by atoms with Gasteiger partial charge in [-0.15, -0.1) is 0 Å². The van der Waals surface area contributed by atoms with Gasteiger partial charge in [-0.25, -0.2) is 9.69 Å². The number of benzene rings is 2. The highest BCUT2D eigenvalue weighted by Crippen LogP contribution is 2.31. The van der Waals surface area contributed by atoms with Gasteiger partial charge in [-0.2, -0.15) is 0 Å². The maximum absolute atomic E-state index is 12.6. The summed E-state index contributed by atoms with van der Waals surface area (Å²) in [4.78, 5) is 14.0. The Morgan fingerprint density at radius 3 is 2.14 bits per heavy atom. The molecule has 0 radical (unpaired) electrons. The number of carbonyl (C=O) groups excluding carboxylic acids is 1. The second kappa shape index (κ2) is 5.87. The average molecular weight is 284 g/mol. The van der Waals surface area contributed by atoms with Crippen LogP contribution in [0.1, 0.15) is 20.8 Å². The Balaban J connectivity index is 2.46. The van der Waals surface area contributed by atoms with E-state index in [-0.39, 0.29) is 0 Å². The number of anilines is 3. The quantitative estimate of drug-likeness (QED) is 0.834. The first kappa shape index (κ1) is 14.9. The van der Waals surface area contributed by atoms with Crippen LogP contribution in [-0.4, -0.2) is 11.7 Å². The van der Waals surface area contributed by atoms with Gasteiger partial charge in [0.05, 0.1) is 17.1 Å². The molecule has 0 atom stereocenters. The fourth-order valence-corrected chi connectivity index (χ4v) is 1.92. The maximum Gasteiger partial charge on any atom is 0.419 e. The lowest BCUT2D eigenvalue weighted by molar-refractivity contribution is 0.0599. The van der Waals surface area contributed by atoms with Crippen molar-refractivity contribution >= 4 is 23.2 Å². The lowest BCUT2D eigenvalue weighted by atomic mass is 10.2. The van der Waals surface area contributed by atoms with E-state index in [1.165, 1.54) is 4.90 Å². The Kier molecular flexibility index (Phi) is 4.17. The SMILES string of the molecule is CC(C)(C)OC(=O)N(c1ccccc1)c1ccccc1N. The smallest absolute Gasteiger partial charge is 0.419 e. The molecule has 0 heterocycles. The third-order valence-electron chi connectivity index (χ3n) is 2.77. The van der Waals surface area contributed by atoms with Crippen molar-refractivity contribution in [1.82, 2.24) is 0 Å². The van der Waals surface area contributed by atoms with Crippen LogP contribution in [0, 0.1) is 0 Å². The lowest BCUT2D eigenvalue weighted by Gasteiger charge is -2.28. The van der Waals surface area contributed by atoms with Gasteiger partial charge in [0.15, 0.2) is 0 Å². The van der Waals surface area contributed by atoms with Crippen LogP contribution in [-0.2, 0) is 4.74 Å². The van der Waals surface area contributed by atoms with Crippen LogP contribution in [0.15, 0.2) is 54.6 Å². The summed E-state index contributed by atoms with van der Waals surface area (Å²) in [6.45, 7) is 5.51. The van der Waals surface area contributed by atoms with Gasteiger partial charge < -0.3 is 10.5 Å². The molecule has 0 aliphatic heterocycles. The molecule has 21 heavy (non-hydrogen) atoms. The third kappa shape index (κ3) is 3.75. The third-order valence-corrected chi connectivity index (χ3v) is 2.77. The highest BCUT2D eigenvalue weighted by Gasteiger charge is 2.25. The molecule has 0 bridgehead atoms. The van der Waals surface area contributed by atoms with Crippen molar-refractivity contribution in [2.24, 2.45) is 0 Å². The molecule has 2 aromatic carbocycles. The van der Waals surface area contributed by atoms with Crippen LogP contribution < -0.4 is 10.6 Å². The van der Waals surface area contributed by atoms with Gasteiger partial charge >= 0.3 is 6.09 Å². The van der Waals surface area contributed by atoms with Crippen LogP contribution in [0.2, 0.25) is 0 Å². The molecule has 0 spiro atoms. The summed E-state index contributed by atoms with van der Waals surface area (Å²) >= 11 is 0. The van der Waals surface area contributed by atoms with E-state index in [2.05, 4.69) is 0 Å². The molecule has 4 heteroatoms. The molecular weight excluding hydrogens is 264 g/mol. The van der Waals surface area contributed by atoms with E-state index in [0.717, 1.165) is 0 Å². The Labute approximate surface area is 125 Å². The molecular formula is C17H20N2O2. The number of nitrogens with two attached hydrogens (primary N) is 1. The Morgan fingerprint density at radius 1 is 1.00 bits per heavy atom. The normalized spacial score (nSPS) is 11.0. The van der Waals surface area contributed by atoms with Crippen molar-refractivity contribution in [1.29, 1.82) is 0 Å². The van der Waals surface area contributed by atoms with Gasteiger partial charge in [-0.1, -0.05) is 30.3 Å². The van der Waals surface area contributed by atoms with Gasteiger partial charge in [0, 0.05) is 0 Å². The van der Waals surface area contributed by atoms with Gasteiger partial charge in [0.25, 0.3) is 0 Å². The molecule has 4 nitrogen and oxygen atoms in total. The molecule has 2 N–H and O–H groups in total. The molecule has 0 saturated heterocycles. The van der Waals surface area contributed by atoms with E-state index in [1.54, 1.807) is 12.1 Å². The fraction of sp³-hybridized carbons (Fsp3) is 0.235. The molecule has 0 aromatic heterocycles. The van der Waals surface area contributed by atoms with E-state index in [9.17, 15) is 4.79 Å². The van der Waals surface area contributed by atoms with E-state index < -0.39 is 11.7 Å². The van der Waals surface area contributed by atoms with Crippen LogP contribution in [0.25, 0.3) is 0 Å². The summed E-state index contributed by atoms with van der Waals surface area (Å²) in [6, 6.07) is 16.5. The number of ether oxygens (including phenoxy) is 1. The molecule has 0 fully saturated rings. The largest absolute Gasteiger partial charge is 0.443 e. The molecule has 2 aromatic rings. The maximum atomic E-state index is 12.6. The topological polar surface area (TPSA) is 55.6 Å². The first-order chi connectivity index (χ1) is 9.88. The van der Waals surface area contributed by atoms with E-state index in [1.807, 2.05) is 63.2 Å². The predicted octanol–water partition coefficient (Wildman–Crippen LogP) is 4.34. The summed E-state index contributed by atoms with van der Waals surface area (Å²) < 4.78 is 5.50. The molecule has 2 rings (SSSR count). The van der Waals surface area contributed by atoms with Gasteiger partial charge in [-0.3, -0.25) is 0 Å². The first-order valence-electron chi connectivity index (χ1n) is 6.81. The monoisotopic (exact) mass is 284 g/mol. The van der Waals surface area contributed by atoms with Crippen LogP contribution >= 0.6 is 0 Å². The Hall–Kier alpha value is -2.49. The van der Waals surface area contributed by atoms with Crippen molar-refractivity contribution in [2.45, 2.75) is 26.4 Å². The Bertz CT molecular complexity index is 618. The molecule has 110 valence electrons. The second-order valence-electron chi connectivity index (χ2n) is 5.71. The number of hydrogen-bond donors (Lipinski definition) is 1. The highest BCUT2D eigenvalue weighted by atomic mass is 16.6. The minimum absolute atomic E-state index is 0.452. The lowest BCUT2D eigenvalue weighted by Crippen LogP contribution is -2.34. The van der Waals surface area contributed by atoms with E-state index >= 15 is 0 Å². The summed E-state index contributed by atoms with van der Waals surface area (Å²) in [7, 11) is 0. The number of hydrogen-bond acceptors (Lipinski definition) is 3. The minimum atomic E-state index is -0.576. The van der Waals surface area contributed by atoms with Crippen molar-refractivity contribution in [3.63, 3.8) is 0 Å². The predicted molar refractivity (Wildman–Crippen MR) is 85.7 cm³/mol. The van der Waals surface area contributed by atoms with E-state index in [0.29, 0.717) is 17.1 Å². The Morgan fingerprint density at radius 2 is 1.57 bits per heavy atom. The number of nitrogens with zero attached hydrogens (tertiary/aromatic N) is 1. The number of nitrogen functional groups attached to an aromatic ring is 1. The minimum Gasteiger partial charge on any atom is -0.443 e. The zero-order valence-electron chi connectivity index (χ0n) is 12.5. The van der Waals surface area contributed by atoms with Crippen LogP contribution in [0.3, 0.4) is 0 Å². The fourth-order valence-electron chi connectivity index (χ4n) is 1.92. The second-order valence-corrected chi connectivity index (χ2v) is 5.71. The van der Waals surface area contributed by atoms with Gasteiger partial charge in [0.1, 0.15) is 5.60 Å². The first-order valence-corrected chi connectivity index (χ1v) is 6.81. The summed E-state index contributed by atoms with van der Waals surface area (Å²) in [5, 5.41) is 0. The number of para-hydroxylation sites is 3. The number of amides is 1. The van der Waals surface area contributed by atoms with Gasteiger partial charge in [0.2, 0.25) is 0 Å². The van der Waals surface area contributed by atoms with Crippen LogP contribution in [0.4, 0.5) is 21.9 Å². The molecule has 0 aliphatic carbocycles. The van der Waals surface area contributed by atoms with Gasteiger partial charge in [-0.05, 0) is 45.0 Å². The highest BCUT2D eigenvalue weighted by molar-refractivity contribution is 5.99. The number of rotatable bonds is 2. The van der Waals surface area contributed by atoms with Crippen molar-refractivity contribution < 1.29 is 9.53 Å². The zero-order chi connectivity index (χ0) is 15.5. The standard InChI is InChI=1S/C17H20N2O2/c1-17(2,3)21-16(20)19(13-9-5-4-6-10-13)15-12-8-7-11-14(15)18/h4-12H,18H2,1-3H3. The van der Waals surface area contributed by atoms with Crippen molar-refractivity contribution in [3.8, 4) is 0 Å². The van der Waals surface area contributed by atoms with E-state index in [4.69, 9.17) is 10.5 Å².